The zero-order valence-electron chi connectivity index (χ0n) is 32.7. The third-order valence-corrected chi connectivity index (χ3v) is 8.57. The molecule has 0 bridgehead atoms. The molecule has 6 heteroatoms. The summed E-state index contributed by atoms with van der Waals surface area (Å²) in [5, 5.41) is 0. The number of carbonyl (C=O) groups is 3. The normalized spacial score (nSPS) is 12.5. The van der Waals surface area contributed by atoms with Crippen LogP contribution in [0.2, 0.25) is 0 Å². The van der Waals surface area contributed by atoms with Gasteiger partial charge >= 0.3 is 17.9 Å². The van der Waals surface area contributed by atoms with Gasteiger partial charge in [-0.1, -0.05) is 159 Å². The Morgan fingerprint density at radius 1 is 0.420 bits per heavy atom. The van der Waals surface area contributed by atoms with Gasteiger partial charge in [-0.2, -0.15) is 0 Å². The minimum Gasteiger partial charge on any atom is -0.462 e. The van der Waals surface area contributed by atoms with Crippen molar-refractivity contribution in [2.45, 2.75) is 200 Å². The molecule has 50 heavy (non-hydrogen) atoms. The summed E-state index contributed by atoms with van der Waals surface area (Å²) in [5.41, 5.74) is 0. The van der Waals surface area contributed by atoms with Gasteiger partial charge in [-0.25, -0.2) is 0 Å². The summed E-state index contributed by atoms with van der Waals surface area (Å²) < 4.78 is 16.6. The Bertz CT molecular complexity index is 902. The lowest BCUT2D eigenvalue weighted by molar-refractivity contribution is -0.167. The molecular formula is C44H76O6. The van der Waals surface area contributed by atoms with Gasteiger partial charge in [-0.3, -0.25) is 14.4 Å². The minimum absolute atomic E-state index is 0.0914. The number of hydrogen-bond donors (Lipinski definition) is 0. The Kier molecular flexibility index (Phi) is 37.1. The number of allylic oxidation sites excluding steroid dienone is 8. The van der Waals surface area contributed by atoms with Crippen molar-refractivity contribution in [2.75, 3.05) is 13.2 Å². The summed E-state index contributed by atoms with van der Waals surface area (Å²) >= 11 is 0. The maximum absolute atomic E-state index is 12.6. The lowest BCUT2D eigenvalue weighted by Gasteiger charge is -2.18. The van der Waals surface area contributed by atoms with Crippen LogP contribution in [0.4, 0.5) is 0 Å². The van der Waals surface area contributed by atoms with Crippen molar-refractivity contribution in [2.24, 2.45) is 0 Å². The average molecular weight is 701 g/mol. The molecule has 0 saturated heterocycles. The first kappa shape index (κ1) is 47.4. The number of esters is 3. The van der Waals surface area contributed by atoms with E-state index in [1.165, 1.54) is 70.6 Å². The summed E-state index contributed by atoms with van der Waals surface area (Å²) in [4.78, 5) is 37.5. The van der Waals surface area contributed by atoms with E-state index in [9.17, 15) is 14.4 Å². The molecule has 0 aliphatic rings. The van der Waals surface area contributed by atoms with Crippen molar-refractivity contribution in [3.05, 3.63) is 48.6 Å². The third-order valence-electron chi connectivity index (χ3n) is 8.57. The molecule has 0 radical (unpaired) electrons. The van der Waals surface area contributed by atoms with E-state index in [1.54, 1.807) is 0 Å². The molecule has 288 valence electrons. The van der Waals surface area contributed by atoms with Crippen LogP contribution in [0.1, 0.15) is 194 Å². The van der Waals surface area contributed by atoms with Gasteiger partial charge in [0.2, 0.25) is 0 Å². The fourth-order valence-electron chi connectivity index (χ4n) is 5.44. The Morgan fingerprint density at radius 3 is 1.38 bits per heavy atom. The van der Waals surface area contributed by atoms with Gasteiger partial charge < -0.3 is 14.2 Å². The van der Waals surface area contributed by atoms with Gasteiger partial charge in [0.25, 0.3) is 0 Å². The molecule has 0 heterocycles. The van der Waals surface area contributed by atoms with E-state index in [-0.39, 0.29) is 37.5 Å². The predicted molar refractivity (Wildman–Crippen MR) is 210 cm³/mol. The van der Waals surface area contributed by atoms with Crippen molar-refractivity contribution in [3.63, 3.8) is 0 Å². The SMILES string of the molecule is CC/C=C\C/C=C\C/C=C\CCCC(=O)OCC(COC(=O)CCCCCCCCCCCC)OC(=O)CCCCCCC/C=C\CCCC. The van der Waals surface area contributed by atoms with Crippen LogP contribution in [-0.4, -0.2) is 37.2 Å². The van der Waals surface area contributed by atoms with Gasteiger partial charge in [0.05, 0.1) is 0 Å². The van der Waals surface area contributed by atoms with Crippen LogP contribution in [-0.2, 0) is 28.6 Å². The second-order valence-corrected chi connectivity index (χ2v) is 13.5. The monoisotopic (exact) mass is 701 g/mol. The van der Waals surface area contributed by atoms with Crippen molar-refractivity contribution >= 4 is 17.9 Å². The molecule has 1 atom stereocenters. The van der Waals surface area contributed by atoms with E-state index < -0.39 is 6.10 Å². The molecular weight excluding hydrogens is 624 g/mol. The number of hydrogen-bond acceptors (Lipinski definition) is 6. The summed E-state index contributed by atoms with van der Waals surface area (Å²) in [6.45, 7) is 6.39. The van der Waals surface area contributed by atoms with Gasteiger partial charge in [0.1, 0.15) is 13.2 Å². The molecule has 0 aromatic rings. The Morgan fingerprint density at radius 2 is 0.820 bits per heavy atom. The first-order chi connectivity index (χ1) is 24.5. The molecule has 0 saturated carbocycles. The predicted octanol–water partition coefficient (Wildman–Crippen LogP) is 12.8. The van der Waals surface area contributed by atoms with Gasteiger partial charge in [-0.15, -0.1) is 0 Å². The summed E-state index contributed by atoms with van der Waals surface area (Å²) in [6, 6.07) is 0. The van der Waals surface area contributed by atoms with Crippen molar-refractivity contribution in [3.8, 4) is 0 Å². The van der Waals surface area contributed by atoms with E-state index in [2.05, 4.69) is 69.4 Å². The lowest BCUT2D eigenvalue weighted by atomic mass is 10.1. The van der Waals surface area contributed by atoms with Gasteiger partial charge in [0.15, 0.2) is 6.10 Å². The molecule has 0 spiro atoms. The fraction of sp³-hybridized carbons (Fsp3) is 0.750. The highest BCUT2D eigenvalue weighted by molar-refractivity contribution is 5.71. The molecule has 0 aliphatic carbocycles. The zero-order chi connectivity index (χ0) is 36.6. The van der Waals surface area contributed by atoms with Crippen LogP contribution in [0.25, 0.3) is 0 Å². The molecule has 0 fully saturated rings. The molecule has 0 N–H and O–H groups in total. The second kappa shape index (κ2) is 39.2. The number of carbonyl (C=O) groups excluding carboxylic acids is 3. The van der Waals surface area contributed by atoms with Crippen LogP contribution in [0.5, 0.6) is 0 Å². The first-order valence-corrected chi connectivity index (χ1v) is 20.6. The summed E-state index contributed by atoms with van der Waals surface area (Å²) in [7, 11) is 0. The molecule has 0 aromatic carbocycles. The van der Waals surface area contributed by atoms with Gasteiger partial charge in [0, 0.05) is 19.3 Å². The van der Waals surface area contributed by atoms with Crippen LogP contribution in [0.3, 0.4) is 0 Å². The lowest BCUT2D eigenvalue weighted by Crippen LogP contribution is -2.30. The highest BCUT2D eigenvalue weighted by atomic mass is 16.6. The number of unbranched alkanes of at least 4 members (excludes halogenated alkanes) is 17. The van der Waals surface area contributed by atoms with Crippen LogP contribution < -0.4 is 0 Å². The standard InChI is InChI=1S/C44H76O6/c1-4-7-10-13-16-19-22-25-28-31-34-37-43(46)49-40-41(39-48-42(45)36-33-30-27-24-21-18-15-12-9-6-3)50-44(47)38-35-32-29-26-23-20-17-14-11-8-5-2/h7,10,14,16-17,19,25,28,41H,4-6,8-9,11-13,15,18,20-24,26-27,29-40H2,1-3H3/b10-7-,17-14-,19-16-,28-25-. The topological polar surface area (TPSA) is 78.9 Å². The van der Waals surface area contributed by atoms with Gasteiger partial charge in [-0.05, 0) is 64.2 Å². The van der Waals surface area contributed by atoms with E-state index in [0.29, 0.717) is 19.3 Å². The summed E-state index contributed by atoms with van der Waals surface area (Å²) in [6.07, 6.45) is 43.9. The van der Waals surface area contributed by atoms with E-state index in [4.69, 9.17) is 14.2 Å². The van der Waals surface area contributed by atoms with E-state index in [1.807, 2.05) is 0 Å². The largest absolute Gasteiger partial charge is 0.462 e. The Labute approximate surface area is 307 Å². The quantitative estimate of drug-likeness (QED) is 0.0280. The maximum Gasteiger partial charge on any atom is 0.306 e. The first-order valence-electron chi connectivity index (χ1n) is 20.6. The van der Waals surface area contributed by atoms with Crippen LogP contribution in [0.15, 0.2) is 48.6 Å². The molecule has 0 rings (SSSR count). The average Bonchev–Trinajstić information content (AvgIpc) is 3.11. The highest BCUT2D eigenvalue weighted by Gasteiger charge is 2.19. The Balaban J connectivity index is 4.46. The van der Waals surface area contributed by atoms with Crippen molar-refractivity contribution < 1.29 is 28.6 Å². The maximum atomic E-state index is 12.6. The van der Waals surface area contributed by atoms with E-state index >= 15 is 0 Å². The van der Waals surface area contributed by atoms with Crippen LogP contribution in [0, 0.1) is 0 Å². The molecule has 0 aliphatic heterocycles. The molecule has 0 amide bonds. The third kappa shape index (κ3) is 36.6. The van der Waals surface area contributed by atoms with E-state index in [0.717, 1.165) is 77.0 Å². The Hall–Kier alpha value is -2.63. The zero-order valence-corrected chi connectivity index (χ0v) is 32.7. The molecule has 0 aromatic heterocycles. The van der Waals surface area contributed by atoms with Crippen LogP contribution >= 0.6 is 0 Å². The smallest absolute Gasteiger partial charge is 0.306 e. The minimum atomic E-state index is -0.790. The molecule has 1 unspecified atom stereocenters. The molecule has 6 nitrogen and oxygen atoms in total. The van der Waals surface area contributed by atoms with Crippen molar-refractivity contribution in [1.82, 2.24) is 0 Å². The summed E-state index contributed by atoms with van der Waals surface area (Å²) in [5.74, 6) is -0.966. The second-order valence-electron chi connectivity index (χ2n) is 13.5. The number of rotatable bonds is 36. The fourth-order valence-corrected chi connectivity index (χ4v) is 5.44. The highest BCUT2D eigenvalue weighted by Crippen LogP contribution is 2.13. The van der Waals surface area contributed by atoms with Crippen molar-refractivity contribution in [1.29, 1.82) is 0 Å². The number of ether oxygens (including phenoxy) is 3.